The Labute approximate surface area is 115 Å². The van der Waals surface area contributed by atoms with Gasteiger partial charge in [-0.3, -0.25) is 19.6 Å². The Hall–Kier alpha value is -1.62. The Bertz CT molecular complexity index is 403. The number of hydrogen-bond acceptors (Lipinski definition) is 6. The summed E-state index contributed by atoms with van der Waals surface area (Å²) in [5.74, 6) is 0. The molecule has 0 aromatic carbocycles. The minimum absolute atomic E-state index is 0.103. The van der Waals surface area contributed by atoms with E-state index < -0.39 is 44.1 Å². The monoisotopic (exact) mass is 290 g/mol. The normalized spacial score (nSPS) is 27.6. The van der Waals surface area contributed by atoms with E-state index in [1.165, 1.54) is 18.9 Å². The number of aliphatic hydroxyl groups excluding tert-OH is 3. The molecule has 0 aliphatic carbocycles. The van der Waals surface area contributed by atoms with Gasteiger partial charge in [-0.25, -0.2) is 9.59 Å². The SMILES string of the molecule is COCN1C(=O)N(CO)C2C1N(CO)C(=O)N2C(C)O. The predicted octanol–water partition coefficient (Wildman–Crippen LogP) is -2.04. The van der Waals surface area contributed by atoms with Gasteiger partial charge in [-0.15, -0.1) is 0 Å². The summed E-state index contributed by atoms with van der Waals surface area (Å²) >= 11 is 0. The molecule has 10 nitrogen and oxygen atoms in total. The smallest absolute Gasteiger partial charge is 0.327 e. The van der Waals surface area contributed by atoms with Crippen molar-refractivity contribution >= 4 is 12.1 Å². The summed E-state index contributed by atoms with van der Waals surface area (Å²) < 4.78 is 4.92. The molecule has 0 radical (unpaired) electrons. The third-order valence-corrected chi connectivity index (χ3v) is 3.44. The number of carbonyl (C=O) groups excluding carboxylic acids is 2. The topological polar surface area (TPSA) is 117 Å². The maximum absolute atomic E-state index is 12.2. The highest BCUT2D eigenvalue weighted by atomic mass is 16.5. The lowest BCUT2D eigenvalue weighted by Gasteiger charge is -2.29. The molecule has 0 aromatic rings. The van der Waals surface area contributed by atoms with Gasteiger partial charge in [0.05, 0.1) is 0 Å². The summed E-state index contributed by atoms with van der Waals surface area (Å²) in [7, 11) is 1.39. The summed E-state index contributed by atoms with van der Waals surface area (Å²) in [4.78, 5) is 28.6. The number of rotatable bonds is 5. The van der Waals surface area contributed by atoms with E-state index in [9.17, 15) is 24.9 Å². The van der Waals surface area contributed by atoms with Crippen LogP contribution in [0.1, 0.15) is 6.92 Å². The van der Waals surface area contributed by atoms with E-state index in [4.69, 9.17) is 4.74 Å². The number of fused-ring (bicyclic) bond motifs is 1. The molecule has 2 rings (SSSR count). The summed E-state index contributed by atoms with van der Waals surface area (Å²) in [5.41, 5.74) is 0. The van der Waals surface area contributed by atoms with Crippen LogP contribution in [0.5, 0.6) is 0 Å². The van der Waals surface area contributed by atoms with Gasteiger partial charge in [0.1, 0.15) is 26.4 Å². The van der Waals surface area contributed by atoms with Gasteiger partial charge in [0, 0.05) is 7.11 Å². The zero-order chi connectivity index (χ0) is 15.0. The Balaban J connectivity index is 2.42. The molecular formula is C10H18N4O6. The summed E-state index contributed by atoms with van der Waals surface area (Å²) in [6.45, 7) is 0.0364. The Morgan fingerprint density at radius 1 is 1.10 bits per heavy atom. The van der Waals surface area contributed by atoms with Crippen molar-refractivity contribution < 1.29 is 29.6 Å². The van der Waals surface area contributed by atoms with Crippen molar-refractivity contribution in [1.82, 2.24) is 19.6 Å². The molecule has 0 aromatic heterocycles. The molecule has 4 amide bonds. The van der Waals surface area contributed by atoms with Gasteiger partial charge in [0.2, 0.25) is 0 Å². The highest BCUT2D eigenvalue weighted by molar-refractivity contribution is 5.85. The molecule has 0 saturated carbocycles. The number of amides is 4. The van der Waals surface area contributed by atoms with Crippen LogP contribution in [0.4, 0.5) is 9.59 Å². The molecule has 0 bridgehead atoms. The summed E-state index contributed by atoms with van der Waals surface area (Å²) in [6.07, 6.45) is -2.89. The van der Waals surface area contributed by atoms with Gasteiger partial charge in [0.15, 0.2) is 12.3 Å². The fraction of sp³-hybridized carbons (Fsp3) is 0.800. The van der Waals surface area contributed by atoms with Gasteiger partial charge < -0.3 is 20.1 Å². The lowest BCUT2D eigenvalue weighted by atomic mass is 10.3. The number of methoxy groups -OCH3 is 1. The lowest BCUT2D eigenvalue weighted by molar-refractivity contribution is -0.0240. The van der Waals surface area contributed by atoms with Crippen molar-refractivity contribution in [3.8, 4) is 0 Å². The van der Waals surface area contributed by atoms with Crippen LogP contribution < -0.4 is 0 Å². The van der Waals surface area contributed by atoms with Gasteiger partial charge in [-0.05, 0) is 6.92 Å². The molecule has 3 unspecified atom stereocenters. The van der Waals surface area contributed by atoms with E-state index in [1.807, 2.05) is 0 Å². The average Bonchev–Trinajstić information content (AvgIpc) is 2.82. The molecule has 114 valence electrons. The van der Waals surface area contributed by atoms with Crippen molar-refractivity contribution in [2.75, 3.05) is 27.3 Å². The minimum atomic E-state index is -1.17. The van der Waals surface area contributed by atoms with Crippen molar-refractivity contribution in [2.24, 2.45) is 0 Å². The van der Waals surface area contributed by atoms with Crippen LogP contribution >= 0.6 is 0 Å². The zero-order valence-electron chi connectivity index (χ0n) is 11.2. The number of nitrogens with zero attached hydrogens (tertiary/aromatic N) is 4. The second kappa shape index (κ2) is 5.40. The van der Waals surface area contributed by atoms with E-state index in [0.29, 0.717) is 0 Å². The molecule has 2 aliphatic rings. The first kappa shape index (κ1) is 14.8. The number of aliphatic hydroxyl groups is 3. The molecule has 0 spiro atoms. The van der Waals surface area contributed by atoms with E-state index in [-0.39, 0.29) is 6.73 Å². The standard InChI is InChI=1S/C10H18N4O6/c1-6(17)14-8-7(11(3-15)10(14)19)13(5-20-2)9(18)12(8)4-16/h6-8,15-17H,3-5H2,1-2H3. The van der Waals surface area contributed by atoms with Gasteiger partial charge in [0.25, 0.3) is 0 Å². The maximum atomic E-state index is 12.2. The first-order valence-electron chi connectivity index (χ1n) is 6.04. The molecule has 2 saturated heterocycles. The molecule has 2 fully saturated rings. The molecule has 3 N–H and O–H groups in total. The third-order valence-electron chi connectivity index (χ3n) is 3.44. The molecule has 2 heterocycles. The van der Waals surface area contributed by atoms with Crippen LogP contribution in [-0.2, 0) is 4.74 Å². The average molecular weight is 290 g/mol. The molecular weight excluding hydrogens is 272 g/mol. The van der Waals surface area contributed by atoms with Crippen molar-refractivity contribution in [1.29, 1.82) is 0 Å². The fourth-order valence-electron chi connectivity index (χ4n) is 2.65. The molecule has 20 heavy (non-hydrogen) atoms. The number of carbonyl (C=O) groups is 2. The van der Waals surface area contributed by atoms with Crippen LogP contribution in [0, 0.1) is 0 Å². The van der Waals surface area contributed by atoms with Crippen molar-refractivity contribution in [3.63, 3.8) is 0 Å². The Morgan fingerprint density at radius 2 is 1.65 bits per heavy atom. The first-order valence-corrected chi connectivity index (χ1v) is 6.04. The van der Waals surface area contributed by atoms with Gasteiger partial charge in [-0.2, -0.15) is 0 Å². The van der Waals surface area contributed by atoms with Crippen LogP contribution in [0.25, 0.3) is 0 Å². The second-order valence-corrected chi connectivity index (χ2v) is 4.54. The Kier molecular flexibility index (Phi) is 3.99. The van der Waals surface area contributed by atoms with E-state index >= 15 is 0 Å². The molecule has 3 atom stereocenters. The largest absolute Gasteiger partial charge is 0.376 e. The Morgan fingerprint density at radius 3 is 2.10 bits per heavy atom. The fourth-order valence-corrected chi connectivity index (χ4v) is 2.65. The highest BCUT2D eigenvalue weighted by Gasteiger charge is 2.59. The number of urea groups is 2. The maximum Gasteiger partial charge on any atom is 0.327 e. The number of ether oxygens (including phenoxy) is 1. The van der Waals surface area contributed by atoms with Gasteiger partial charge in [-0.1, -0.05) is 0 Å². The first-order chi connectivity index (χ1) is 9.49. The van der Waals surface area contributed by atoms with Crippen LogP contribution in [0.15, 0.2) is 0 Å². The molecule has 2 aliphatic heterocycles. The third kappa shape index (κ3) is 1.88. The van der Waals surface area contributed by atoms with E-state index in [0.717, 1.165) is 14.7 Å². The van der Waals surface area contributed by atoms with Crippen LogP contribution in [0.3, 0.4) is 0 Å². The van der Waals surface area contributed by atoms with Crippen molar-refractivity contribution in [3.05, 3.63) is 0 Å². The minimum Gasteiger partial charge on any atom is -0.376 e. The van der Waals surface area contributed by atoms with E-state index in [1.54, 1.807) is 0 Å². The van der Waals surface area contributed by atoms with Crippen molar-refractivity contribution in [2.45, 2.75) is 25.5 Å². The zero-order valence-corrected chi connectivity index (χ0v) is 11.2. The summed E-state index contributed by atoms with van der Waals surface area (Å²) in [6, 6.07) is -1.16. The lowest BCUT2D eigenvalue weighted by Crippen LogP contribution is -2.50. The van der Waals surface area contributed by atoms with E-state index in [2.05, 4.69) is 0 Å². The summed E-state index contributed by atoms with van der Waals surface area (Å²) in [5, 5.41) is 28.4. The molecule has 10 heteroatoms. The second-order valence-electron chi connectivity index (χ2n) is 4.54. The van der Waals surface area contributed by atoms with Gasteiger partial charge >= 0.3 is 12.1 Å². The predicted molar refractivity (Wildman–Crippen MR) is 63.5 cm³/mol. The highest BCUT2D eigenvalue weighted by Crippen LogP contribution is 2.35. The van der Waals surface area contributed by atoms with Crippen LogP contribution in [-0.4, -0.2) is 92.8 Å². The quantitative estimate of drug-likeness (QED) is 0.537. The van der Waals surface area contributed by atoms with Crippen LogP contribution in [0.2, 0.25) is 0 Å². The number of hydrogen-bond donors (Lipinski definition) is 3.